The summed E-state index contributed by atoms with van der Waals surface area (Å²) in [6.07, 6.45) is 0. The van der Waals surface area contributed by atoms with Crippen molar-refractivity contribution in [1.29, 1.82) is 0 Å². The summed E-state index contributed by atoms with van der Waals surface area (Å²) in [5.41, 5.74) is 22.7. The Morgan fingerprint density at radius 1 is 0.137 bits per heavy atom. The summed E-state index contributed by atoms with van der Waals surface area (Å²) in [5, 5.41) is 0. The van der Waals surface area contributed by atoms with Crippen LogP contribution in [0.25, 0.3) is 111 Å². The van der Waals surface area contributed by atoms with E-state index in [1.807, 2.05) is 0 Å². The predicted molar refractivity (Wildman–Crippen MR) is 307 cm³/mol. The van der Waals surface area contributed by atoms with Gasteiger partial charge < -0.3 is 4.74 Å². The van der Waals surface area contributed by atoms with Crippen LogP contribution in [0.4, 0.5) is 0 Å². The first-order valence-corrected chi connectivity index (χ1v) is 25.0. The number of rotatable bonds is 12. The maximum atomic E-state index is 7.55. The number of ether oxygens (including phenoxy) is 1. The molecule has 0 amide bonds. The SMILES string of the molecule is c1ccc(-c2ccccc2-c2ccc(-c3ccc(-c4ccccc4-c4ccccc4)cc3Oc3cc(-c4ccccc4-c4ccccc4)ccc3-c3ccc(-c4ccccc4-c4ccccc4)cc3)cc2)cc1. The molecule has 1 heteroatoms. The molecule has 12 rings (SSSR count). The summed E-state index contributed by atoms with van der Waals surface area (Å²) in [7, 11) is 0. The van der Waals surface area contributed by atoms with Gasteiger partial charge in [0.1, 0.15) is 11.5 Å². The highest BCUT2D eigenvalue weighted by molar-refractivity contribution is 5.91. The summed E-state index contributed by atoms with van der Waals surface area (Å²) >= 11 is 0. The Morgan fingerprint density at radius 3 is 0.562 bits per heavy atom. The zero-order valence-corrected chi connectivity index (χ0v) is 40.3. The molecule has 0 aliphatic carbocycles. The van der Waals surface area contributed by atoms with Crippen LogP contribution in [0.5, 0.6) is 11.5 Å². The minimum absolute atomic E-state index is 0.765. The second kappa shape index (κ2) is 20.4. The van der Waals surface area contributed by atoms with E-state index in [2.05, 4.69) is 303 Å². The molecule has 0 atom stereocenters. The predicted octanol–water partition coefficient (Wildman–Crippen LogP) is 20.1. The molecule has 0 saturated heterocycles. The molecule has 12 aromatic carbocycles. The van der Waals surface area contributed by atoms with Gasteiger partial charge in [0, 0.05) is 11.1 Å². The Hall–Kier alpha value is -9.56. The summed E-state index contributed by atoms with van der Waals surface area (Å²) in [6.45, 7) is 0. The van der Waals surface area contributed by atoms with E-state index in [9.17, 15) is 0 Å². The molecule has 73 heavy (non-hydrogen) atoms. The van der Waals surface area contributed by atoms with Gasteiger partial charge in [-0.05, 0) is 112 Å². The topological polar surface area (TPSA) is 9.23 Å². The van der Waals surface area contributed by atoms with Gasteiger partial charge in [0.25, 0.3) is 0 Å². The van der Waals surface area contributed by atoms with Gasteiger partial charge in [-0.3, -0.25) is 0 Å². The Bertz CT molecular complexity index is 3570. The Balaban J connectivity index is 1.01. The average molecular weight is 931 g/mol. The van der Waals surface area contributed by atoms with Crippen LogP contribution in [-0.4, -0.2) is 0 Å². The fourth-order valence-corrected chi connectivity index (χ4v) is 10.2. The van der Waals surface area contributed by atoms with E-state index in [0.717, 1.165) is 89.4 Å². The normalized spacial score (nSPS) is 11.0. The van der Waals surface area contributed by atoms with Crippen LogP contribution in [0.2, 0.25) is 0 Å². The zero-order chi connectivity index (χ0) is 48.8. The lowest BCUT2D eigenvalue weighted by molar-refractivity contribution is 0.487. The monoisotopic (exact) mass is 930 g/mol. The molecule has 0 fully saturated rings. The molecule has 0 saturated carbocycles. The molecule has 0 aliphatic heterocycles. The Labute approximate surface area is 428 Å². The third-order valence-electron chi connectivity index (χ3n) is 13.9. The second-order valence-electron chi connectivity index (χ2n) is 18.3. The van der Waals surface area contributed by atoms with E-state index in [0.29, 0.717) is 0 Å². The largest absolute Gasteiger partial charge is 0.456 e. The minimum atomic E-state index is 0.765. The molecule has 0 heterocycles. The van der Waals surface area contributed by atoms with Crippen molar-refractivity contribution in [1.82, 2.24) is 0 Å². The number of hydrogen-bond acceptors (Lipinski definition) is 1. The van der Waals surface area contributed by atoms with Crippen molar-refractivity contribution in [2.75, 3.05) is 0 Å². The van der Waals surface area contributed by atoms with Gasteiger partial charge in [0.2, 0.25) is 0 Å². The molecule has 12 aromatic rings. The van der Waals surface area contributed by atoms with Gasteiger partial charge in [-0.25, -0.2) is 0 Å². The summed E-state index contributed by atoms with van der Waals surface area (Å²) in [5.74, 6) is 1.53. The van der Waals surface area contributed by atoms with E-state index < -0.39 is 0 Å². The minimum Gasteiger partial charge on any atom is -0.456 e. The Morgan fingerprint density at radius 2 is 0.315 bits per heavy atom. The van der Waals surface area contributed by atoms with Gasteiger partial charge >= 0.3 is 0 Å². The van der Waals surface area contributed by atoms with Crippen molar-refractivity contribution in [3.8, 4) is 123 Å². The van der Waals surface area contributed by atoms with Crippen molar-refractivity contribution >= 4 is 0 Å². The van der Waals surface area contributed by atoms with Gasteiger partial charge in [-0.15, -0.1) is 0 Å². The molecule has 0 unspecified atom stereocenters. The first-order chi connectivity index (χ1) is 36.2. The standard InChI is InChI=1S/C72H50O/c1-5-21-51(22-6-1)61-29-13-15-33-65(61)55-37-41-57(42-38-55)69-47-45-59(67-35-19-17-31-63(67)53-25-9-3-10-26-53)49-71(69)73-72-50-60(68-36-20-18-32-64(68)54-27-11-4-12-28-54)46-48-70(72)58-43-39-56(40-44-58)66-34-16-14-30-62(66)52-23-7-2-8-24-52/h1-50H. The van der Waals surface area contributed by atoms with E-state index in [-0.39, 0.29) is 0 Å². The van der Waals surface area contributed by atoms with E-state index in [1.54, 1.807) is 0 Å². The third kappa shape index (κ3) is 9.32. The van der Waals surface area contributed by atoms with Gasteiger partial charge in [-0.1, -0.05) is 291 Å². The molecular formula is C72H50O. The molecular weight excluding hydrogens is 881 g/mol. The third-order valence-corrected chi connectivity index (χ3v) is 13.9. The highest BCUT2D eigenvalue weighted by atomic mass is 16.5. The maximum absolute atomic E-state index is 7.55. The van der Waals surface area contributed by atoms with Crippen LogP contribution >= 0.6 is 0 Å². The quantitative estimate of drug-likeness (QED) is 0.119. The van der Waals surface area contributed by atoms with Crippen molar-refractivity contribution in [3.63, 3.8) is 0 Å². The number of hydrogen-bond donors (Lipinski definition) is 0. The van der Waals surface area contributed by atoms with Crippen LogP contribution in [-0.2, 0) is 0 Å². The first-order valence-electron chi connectivity index (χ1n) is 25.0. The number of benzene rings is 12. The second-order valence-corrected chi connectivity index (χ2v) is 18.3. The van der Waals surface area contributed by atoms with Crippen molar-refractivity contribution in [2.45, 2.75) is 0 Å². The first kappa shape index (κ1) is 44.6. The molecule has 0 aliphatic rings. The summed E-state index contributed by atoms with van der Waals surface area (Å²) in [4.78, 5) is 0. The molecule has 1 nitrogen and oxygen atoms in total. The molecule has 344 valence electrons. The van der Waals surface area contributed by atoms with Crippen LogP contribution in [0, 0.1) is 0 Å². The Kier molecular flexibility index (Phi) is 12.5. The van der Waals surface area contributed by atoms with E-state index in [1.165, 1.54) is 33.4 Å². The van der Waals surface area contributed by atoms with E-state index in [4.69, 9.17) is 4.74 Å². The highest BCUT2D eigenvalue weighted by Crippen LogP contribution is 2.45. The summed E-state index contributed by atoms with van der Waals surface area (Å²) in [6, 6.07) is 108. The lowest BCUT2D eigenvalue weighted by atomic mass is 9.91. The van der Waals surface area contributed by atoms with E-state index >= 15 is 0 Å². The zero-order valence-electron chi connectivity index (χ0n) is 40.3. The van der Waals surface area contributed by atoms with Crippen molar-refractivity contribution < 1.29 is 4.74 Å². The lowest BCUT2D eigenvalue weighted by Crippen LogP contribution is -1.95. The average Bonchev–Trinajstić information content (AvgIpc) is 3.48. The fourth-order valence-electron chi connectivity index (χ4n) is 10.2. The molecule has 0 radical (unpaired) electrons. The van der Waals surface area contributed by atoms with Crippen LogP contribution < -0.4 is 4.74 Å². The van der Waals surface area contributed by atoms with Gasteiger partial charge in [0.15, 0.2) is 0 Å². The van der Waals surface area contributed by atoms with Crippen LogP contribution in [0.3, 0.4) is 0 Å². The van der Waals surface area contributed by atoms with Crippen LogP contribution in [0.15, 0.2) is 303 Å². The fraction of sp³-hybridized carbons (Fsp3) is 0. The molecule has 0 N–H and O–H groups in total. The van der Waals surface area contributed by atoms with Crippen molar-refractivity contribution in [2.24, 2.45) is 0 Å². The van der Waals surface area contributed by atoms with Crippen LogP contribution in [0.1, 0.15) is 0 Å². The molecule has 0 bridgehead atoms. The summed E-state index contributed by atoms with van der Waals surface area (Å²) < 4.78 is 7.55. The maximum Gasteiger partial charge on any atom is 0.135 e. The highest BCUT2D eigenvalue weighted by Gasteiger charge is 2.19. The van der Waals surface area contributed by atoms with Crippen molar-refractivity contribution in [3.05, 3.63) is 303 Å². The van der Waals surface area contributed by atoms with Gasteiger partial charge in [0.05, 0.1) is 0 Å². The molecule has 0 aromatic heterocycles. The smallest absolute Gasteiger partial charge is 0.135 e. The lowest BCUT2D eigenvalue weighted by Gasteiger charge is -2.19. The van der Waals surface area contributed by atoms with Gasteiger partial charge in [-0.2, -0.15) is 0 Å². The molecule has 0 spiro atoms.